The lowest BCUT2D eigenvalue weighted by Gasteiger charge is -2.23. The van der Waals surface area contributed by atoms with E-state index in [1.165, 1.54) is 4.90 Å². The average Bonchev–Trinajstić information content (AvgIpc) is 2.90. The number of nitrogens with one attached hydrogen (secondary N) is 1. The fraction of sp³-hybridized carbons (Fsp3) is 0.467. The second-order valence-corrected chi connectivity index (χ2v) is 5.52. The van der Waals surface area contributed by atoms with E-state index in [9.17, 15) is 9.59 Å². The van der Waals surface area contributed by atoms with Gasteiger partial charge in [-0.05, 0) is 37.5 Å². The number of amides is 2. The Morgan fingerprint density at radius 1 is 1.38 bits per heavy atom. The van der Waals surface area contributed by atoms with Crippen LogP contribution >= 0.6 is 0 Å². The van der Waals surface area contributed by atoms with Crippen LogP contribution in [0.25, 0.3) is 0 Å². The summed E-state index contributed by atoms with van der Waals surface area (Å²) in [5, 5.41) is 11.9. The Hall–Kier alpha value is -2.24. The molecule has 2 amide bonds. The highest BCUT2D eigenvalue weighted by atomic mass is 16.4. The van der Waals surface area contributed by atoms with Crippen LogP contribution in [0.2, 0.25) is 0 Å². The normalized spacial score (nSPS) is 17.7. The van der Waals surface area contributed by atoms with E-state index in [2.05, 4.69) is 5.32 Å². The lowest BCUT2D eigenvalue weighted by molar-refractivity contribution is -0.141. The number of carbonyl (C=O) groups excluding carboxylic acids is 1. The van der Waals surface area contributed by atoms with Gasteiger partial charge in [-0.1, -0.05) is 6.07 Å². The number of nitrogens with zero attached hydrogens (tertiary/aromatic N) is 2. The zero-order valence-electron chi connectivity index (χ0n) is 12.6. The number of urea groups is 1. The van der Waals surface area contributed by atoms with Crippen molar-refractivity contribution in [3.05, 3.63) is 23.8 Å². The van der Waals surface area contributed by atoms with Crippen LogP contribution in [0.3, 0.4) is 0 Å². The zero-order chi connectivity index (χ0) is 15.6. The molecule has 6 heteroatoms. The van der Waals surface area contributed by atoms with Crippen LogP contribution in [0.4, 0.5) is 16.2 Å². The van der Waals surface area contributed by atoms with E-state index in [1.807, 2.05) is 44.1 Å². The molecule has 2 rings (SSSR count). The summed E-state index contributed by atoms with van der Waals surface area (Å²) in [5.74, 6) is -0.944. The summed E-state index contributed by atoms with van der Waals surface area (Å²) in [7, 11) is 3.88. The van der Waals surface area contributed by atoms with Gasteiger partial charge in [-0.25, -0.2) is 9.59 Å². The molecule has 0 aliphatic carbocycles. The maximum atomic E-state index is 12.2. The van der Waals surface area contributed by atoms with Crippen LogP contribution in [0.1, 0.15) is 18.4 Å². The van der Waals surface area contributed by atoms with Crippen LogP contribution in [-0.4, -0.2) is 48.7 Å². The molecule has 1 heterocycles. The largest absolute Gasteiger partial charge is 0.480 e. The summed E-state index contributed by atoms with van der Waals surface area (Å²) in [6.07, 6.45) is 1.24. The van der Waals surface area contributed by atoms with E-state index in [0.717, 1.165) is 17.7 Å². The van der Waals surface area contributed by atoms with E-state index in [4.69, 9.17) is 5.11 Å². The predicted octanol–water partition coefficient (Wildman–Crippen LogP) is 2.14. The Bertz CT molecular complexity index is 557. The van der Waals surface area contributed by atoms with Crippen molar-refractivity contribution < 1.29 is 14.7 Å². The third-order valence-electron chi connectivity index (χ3n) is 3.74. The number of aryl methyl sites for hydroxylation is 1. The Morgan fingerprint density at radius 2 is 2.10 bits per heavy atom. The number of carboxylic acids is 1. The Morgan fingerprint density at radius 3 is 2.71 bits per heavy atom. The van der Waals surface area contributed by atoms with E-state index in [0.29, 0.717) is 18.7 Å². The second-order valence-electron chi connectivity index (χ2n) is 5.52. The fourth-order valence-corrected chi connectivity index (χ4v) is 2.63. The van der Waals surface area contributed by atoms with Gasteiger partial charge >= 0.3 is 12.0 Å². The molecular formula is C15H21N3O3. The first kappa shape index (κ1) is 15.2. The maximum Gasteiger partial charge on any atom is 0.326 e. The molecule has 114 valence electrons. The number of carbonyl (C=O) groups is 2. The minimum Gasteiger partial charge on any atom is -0.480 e. The van der Waals surface area contributed by atoms with Crippen molar-refractivity contribution in [1.29, 1.82) is 0 Å². The molecule has 1 unspecified atom stereocenters. The van der Waals surface area contributed by atoms with Crippen LogP contribution in [0.15, 0.2) is 18.2 Å². The molecule has 1 saturated heterocycles. The average molecular weight is 291 g/mol. The Balaban J connectivity index is 2.13. The summed E-state index contributed by atoms with van der Waals surface area (Å²) >= 11 is 0. The van der Waals surface area contributed by atoms with Gasteiger partial charge in [0.2, 0.25) is 0 Å². The van der Waals surface area contributed by atoms with Gasteiger partial charge in [-0.2, -0.15) is 0 Å². The lowest BCUT2D eigenvalue weighted by atomic mass is 10.1. The minimum atomic E-state index is -0.944. The molecule has 1 aliphatic heterocycles. The summed E-state index contributed by atoms with van der Waals surface area (Å²) < 4.78 is 0. The van der Waals surface area contributed by atoms with Gasteiger partial charge in [-0.3, -0.25) is 0 Å². The third-order valence-corrected chi connectivity index (χ3v) is 3.74. The van der Waals surface area contributed by atoms with Crippen molar-refractivity contribution in [2.45, 2.75) is 25.8 Å². The molecule has 1 atom stereocenters. The van der Waals surface area contributed by atoms with Gasteiger partial charge in [0.1, 0.15) is 6.04 Å². The Labute approximate surface area is 124 Å². The van der Waals surface area contributed by atoms with Gasteiger partial charge < -0.3 is 20.2 Å². The number of benzene rings is 1. The van der Waals surface area contributed by atoms with Gasteiger partial charge in [-0.15, -0.1) is 0 Å². The maximum absolute atomic E-state index is 12.2. The molecule has 2 N–H and O–H groups in total. The molecule has 1 fully saturated rings. The summed E-state index contributed by atoms with van der Waals surface area (Å²) in [6, 6.07) is 4.58. The van der Waals surface area contributed by atoms with Gasteiger partial charge in [0.05, 0.1) is 0 Å². The SMILES string of the molecule is Cc1ccc(NC(=O)N2CCCC2C(=O)O)cc1N(C)C. The van der Waals surface area contributed by atoms with Gasteiger partial charge in [0, 0.05) is 32.0 Å². The second kappa shape index (κ2) is 6.03. The molecular weight excluding hydrogens is 270 g/mol. The molecule has 0 radical (unpaired) electrons. The van der Waals surface area contributed by atoms with Crippen molar-refractivity contribution in [1.82, 2.24) is 4.90 Å². The predicted molar refractivity (Wildman–Crippen MR) is 81.9 cm³/mol. The molecule has 0 aromatic heterocycles. The smallest absolute Gasteiger partial charge is 0.326 e. The molecule has 1 aliphatic rings. The third kappa shape index (κ3) is 3.26. The highest BCUT2D eigenvalue weighted by molar-refractivity contribution is 5.93. The summed E-state index contributed by atoms with van der Waals surface area (Å²) in [5.41, 5.74) is 2.80. The molecule has 0 saturated carbocycles. The van der Waals surface area contributed by atoms with Crippen LogP contribution in [0.5, 0.6) is 0 Å². The number of likely N-dealkylation sites (tertiary alicyclic amines) is 1. The summed E-state index contributed by atoms with van der Waals surface area (Å²) in [4.78, 5) is 26.7. The van der Waals surface area contributed by atoms with Crippen molar-refractivity contribution in [2.75, 3.05) is 30.9 Å². The van der Waals surface area contributed by atoms with Gasteiger partial charge in [0.25, 0.3) is 0 Å². The minimum absolute atomic E-state index is 0.353. The number of rotatable bonds is 3. The first-order valence-electron chi connectivity index (χ1n) is 6.98. The Kier molecular flexibility index (Phi) is 4.35. The number of aliphatic carboxylic acids is 1. The highest BCUT2D eigenvalue weighted by Gasteiger charge is 2.33. The van der Waals surface area contributed by atoms with E-state index < -0.39 is 12.0 Å². The molecule has 21 heavy (non-hydrogen) atoms. The molecule has 0 spiro atoms. The molecule has 0 bridgehead atoms. The number of anilines is 2. The molecule has 6 nitrogen and oxygen atoms in total. The highest BCUT2D eigenvalue weighted by Crippen LogP contribution is 2.24. The van der Waals surface area contributed by atoms with Crippen molar-refractivity contribution in [3.63, 3.8) is 0 Å². The van der Waals surface area contributed by atoms with E-state index in [1.54, 1.807) is 0 Å². The first-order chi connectivity index (χ1) is 9.90. The first-order valence-corrected chi connectivity index (χ1v) is 6.98. The topological polar surface area (TPSA) is 72.9 Å². The fourth-order valence-electron chi connectivity index (χ4n) is 2.63. The monoisotopic (exact) mass is 291 g/mol. The lowest BCUT2D eigenvalue weighted by Crippen LogP contribution is -2.42. The van der Waals surface area contributed by atoms with E-state index in [-0.39, 0.29) is 6.03 Å². The summed E-state index contributed by atoms with van der Waals surface area (Å²) in [6.45, 7) is 2.48. The van der Waals surface area contributed by atoms with E-state index >= 15 is 0 Å². The number of hydrogen-bond acceptors (Lipinski definition) is 3. The molecule has 1 aromatic rings. The van der Waals surface area contributed by atoms with Crippen molar-refractivity contribution >= 4 is 23.4 Å². The quantitative estimate of drug-likeness (QED) is 0.895. The number of carboxylic acid groups (broad SMARTS) is 1. The number of hydrogen-bond donors (Lipinski definition) is 2. The van der Waals surface area contributed by atoms with Crippen molar-refractivity contribution in [2.24, 2.45) is 0 Å². The molecule has 1 aromatic carbocycles. The van der Waals surface area contributed by atoms with Crippen LogP contribution in [-0.2, 0) is 4.79 Å². The van der Waals surface area contributed by atoms with Crippen LogP contribution < -0.4 is 10.2 Å². The van der Waals surface area contributed by atoms with Crippen molar-refractivity contribution in [3.8, 4) is 0 Å². The van der Waals surface area contributed by atoms with Crippen LogP contribution in [0, 0.1) is 6.92 Å². The standard InChI is InChI=1S/C15H21N3O3/c1-10-6-7-11(9-13(10)17(2)3)16-15(21)18-8-4-5-12(18)14(19)20/h6-7,9,12H,4-5,8H2,1-3H3,(H,16,21)(H,19,20). The zero-order valence-corrected chi connectivity index (χ0v) is 12.6. The van der Waals surface area contributed by atoms with Gasteiger partial charge in [0.15, 0.2) is 0 Å².